The second-order valence-electron chi connectivity index (χ2n) is 7.55. The highest BCUT2D eigenvalue weighted by molar-refractivity contribution is 5.95. The molecule has 1 fully saturated rings. The van der Waals surface area contributed by atoms with Crippen LogP contribution in [0.1, 0.15) is 41.4 Å². The van der Waals surface area contributed by atoms with E-state index in [-0.39, 0.29) is 11.7 Å². The van der Waals surface area contributed by atoms with Crippen molar-refractivity contribution in [2.24, 2.45) is 5.92 Å². The molecule has 1 N–H and O–H groups in total. The SMILES string of the molecule is CCN(C[C@H]1CCCN(CCc2cccc(F)c2)C1)C(=O)c1cc[nH]c1C. The van der Waals surface area contributed by atoms with Gasteiger partial charge in [0.2, 0.25) is 0 Å². The smallest absolute Gasteiger partial charge is 0.255 e. The minimum absolute atomic E-state index is 0.119. The largest absolute Gasteiger partial charge is 0.365 e. The maximum atomic E-state index is 13.3. The lowest BCUT2D eigenvalue weighted by atomic mass is 9.96. The Balaban J connectivity index is 1.54. The quantitative estimate of drug-likeness (QED) is 0.802. The van der Waals surface area contributed by atoms with Gasteiger partial charge in [0.25, 0.3) is 5.91 Å². The summed E-state index contributed by atoms with van der Waals surface area (Å²) >= 11 is 0. The monoisotopic (exact) mass is 371 g/mol. The minimum atomic E-state index is -0.166. The van der Waals surface area contributed by atoms with Crippen LogP contribution in [-0.4, -0.2) is 53.4 Å². The van der Waals surface area contributed by atoms with E-state index in [9.17, 15) is 9.18 Å². The summed E-state index contributed by atoms with van der Waals surface area (Å²) in [5.41, 5.74) is 2.75. The van der Waals surface area contributed by atoms with Crippen LogP contribution in [0.3, 0.4) is 0 Å². The molecule has 0 aliphatic carbocycles. The van der Waals surface area contributed by atoms with E-state index < -0.39 is 0 Å². The summed E-state index contributed by atoms with van der Waals surface area (Å²) in [5.74, 6) is 0.448. The molecule has 0 radical (unpaired) electrons. The van der Waals surface area contributed by atoms with Gasteiger partial charge >= 0.3 is 0 Å². The van der Waals surface area contributed by atoms with E-state index in [1.807, 2.05) is 37.1 Å². The lowest BCUT2D eigenvalue weighted by Crippen LogP contribution is -2.43. The first kappa shape index (κ1) is 19.6. The van der Waals surface area contributed by atoms with E-state index >= 15 is 0 Å². The predicted molar refractivity (Wildman–Crippen MR) is 106 cm³/mol. The van der Waals surface area contributed by atoms with Crippen LogP contribution in [0.25, 0.3) is 0 Å². The van der Waals surface area contributed by atoms with Crippen LogP contribution in [0.15, 0.2) is 36.5 Å². The molecule has 1 saturated heterocycles. The van der Waals surface area contributed by atoms with Gasteiger partial charge in [-0.2, -0.15) is 0 Å². The Kier molecular flexibility index (Phi) is 6.67. The average Bonchev–Trinajstić information content (AvgIpc) is 3.10. The highest BCUT2D eigenvalue weighted by atomic mass is 19.1. The molecule has 1 aliphatic heterocycles. The Labute approximate surface area is 161 Å². The lowest BCUT2D eigenvalue weighted by Gasteiger charge is -2.35. The van der Waals surface area contributed by atoms with Crippen LogP contribution < -0.4 is 0 Å². The first-order chi connectivity index (χ1) is 13.1. The summed E-state index contributed by atoms with van der Waals surface area (Å²) in [6, 6.07) is 8.74. The second-order valence-corrected chi connectivity index (χ2v) is 7.55. The number of piperidine rings is 1. The van der Waals surface area contributed by atoms with E-state index in [0.29, 0.717) is 5.92 Å². The van der Waals surface area contributed by atoms with E-state index in [4.69, 9.17) is 0 Å². The summed E-state index contributed by atoms with van der Waals surface area (Å²) in [7, 11) is 0. The Morgan fingerprint density at radius 2 is 2.22 bits per heavy atom. The molecule has 2 aromatic rings. The first-order valence-electron chi connectivity index (χ1n) is 9.97. The Morgan fingerprint density at radius 3 is 2.93 bits per heavy atom. The molecule has 2 heterocycles. The highest BCUT2D eigenvalue weighted by Crippen LogP contribution is 2.20. The molecule has 0 spiro atoms. The van der Waals surface area contributed by atoms with Gasteiger partial charge in [0.1, 0.15) is 5.82 Å². The molecule has 0 saturated carbocycles. The molecule has 3 rings (SSSR count). The molecule has 1 aromatic carbocycles. The highest BCUT2D eigenvalue weighted by Gasteiger charge is 2.25. The van der Waals surface area contributed by atoms with Crippen molar-refractivity contribution in [1.82, 2.24) is 14.8 Å². The van der Waals surface area contributed by atoms with E-state index in [0.717, 1.165) is 68.8 Å². The summed E-state index contributed by atoms with van der Waals surface area (Å²) in [6.07, 6.45) is 5.00. The number of carbonyl (C=O) groups excluding carboxylic acids is 1. The van der Waals surface area contributed by atoms with Crippen LogP contribution in [0, 0.1) is 18.7 Å². The topological polar surface area (TPSA) is 39.3 Å². The third-order valence-electron chi connectivity index (χ3n) is 5.54. The molecular weight excluding hydrogens is 341 g/mol. The standard InChI is InChI=1S/C22H30FN3O/c1-3-26(22(27)21-9-11-24-17(21)2)16-19-7-5-12-25(15-19)13-10-18-6-4-8-20(23)14-18/h4,6,8-9,11,14,19,24H,3,5,7,10,12-13,15-16H2,1-2H3/t19-/m0/s1. The Bertz CT molecular complexity index is 758. The molecule has 1 aliphatic rings. The Morgan fingerprint density at radius 1 is 1.37 bits per heavy atom. The number of halogens is 1. The van der Waals surface area contributed by atoms with Gasteiger partial charge in [0, 0.05) is 38.1 Å². The van der Waals surface area contributed by atoms with E-state index in [1.54, 1.807) is 12.1 Å². The van der Waals surface area contributed by atoms with Crippen LogP contribution >= 0.6 is 0 Å². The lowest BCUT2D eigenvalue weighted by molar-refractivity contribution is 0.0690. The number of aryl methyl sites for hydroxylation is 1. The number of H-pyrrole nitrogens is 1. The number of carbonyl (C=O) groups is 1. The molecule has 1 atom stereocenters. The molecule has 146 valence electrons. The summed E-state index contributed by atoms with van der Waals surface area (Å²) in [6.45, 7) is 8.55. The molecule has 27 heavy (non-hydrogen) atoms. The molecule has 0 unspecified atom stereocenters. The van der Waals surface area contributed by atoms with Crippen molar-refractivity contribution < 1.29 is 9.18 Å². The predicted octanol–water partition coefficient (Wildman–Crippen LogP) is 3.88. The third-order valence-corrected chi connectivity index (χ3v) is 5.54. The maximum Gasteiger partial charge on any atom is 0.255 e. The zero-order valence-electron chi connectivity index (χ0n) is 16.4. The van der Waals surface area contributed by atoms with Crippen molar-refractivity contribution in [2.75, 3.05) is 32.7 Å². The number of aromatic amines is 1. The van der Waals surface area contributed by atoms with Gasteiger partial charge < -0.3 is 14.8 Å². The van der Waals surface area contributed by atoms with Crippen LogP contribution in [0.5, 0.6) is 0 Å². The van der Waals surface area contributed by atoms with E-state index in [1.165, 1.54) is 6.07 Å². The summed E-state index contributed by atoms with van der Waals surface area (Å²) < 4.78 is 13.3. The maximum absolute atomic E-state index is 13.3. The van der Waals surface area contributed by atoms with Gasteiger partial charge in [0.15, 0.2) is 0 Å². The molecule has 1 amide bonds. The van der Waals surface area contributed by atoms with Gasteiger partial charge in [-0.25, -0.2) is 4.39 Å². The second kappa shape index (κ2) is 9.18. The summed E-state index contributed by atoms with van der Waals surface area (Å²) in [4.78, 5) is 20.3. The minimum Gasteiger partial charge on any atom is -0.365 e. The zero-order valence-corrected chi connectivity index (χ0v) is 16.4. The third kappa shape index (κ3) is 5.19. The number of rotatable bonds is 7. The van der Waals surface area contributed by atoms with Crippen molar-refractivity contribution in [1.29, 1.82) is 0 Å². The average molecular weight is 372 g/mol. The molecule has 4 nitrogen and oxygen atoms in total. The number of nitrogens with one attached hydrogen (secondary N) is 1. The first-order valence-corrected chi connectivity index (χ1v) is 9.97. The van der Waals surface area contributed by atoms with Crippen molar-refractivity contribution >= 4 is 5.91 Å². The van der Waals surface area contributed by atoms with Crippen molar-refractivity contribution in [2.45, 2.75) is 33.1 Å². The van der Waals surface area contributed by atoms with Crippen molar-refractivity contribution in [3.05, 3.63) is 59.2 Å². The number of hydrogen-bond donors (Lipinski definition) is 1. The number of aromatic nitrogens is 1. The van der Waals surface area contributed by atoms with Crippen LogP contribution in [-0.2, 0) is 6.42 Å². The Hall–Kier alpha value is -2.14. The fourth-order valence-electron chi connectivity index (χ4n) is 4.01. The molecule has 5 heteroatoms. The molecule has 1 aromatic heterocycles. The number of amides is 1. The van der Waals surface area contributed by atoms with Crippen LogP contribution in [0.4, 0.5) is 4.39 Å². The fourth-order valence-corrected chi connectivity index (χ4v) is 4.01. The van der Waals surface area contributed by atoms with Crippen molar-refractivity contribution in [3.8, 4) is 0 Å². The number of nitrogens with zero attached hydrogens (tertiary/aromatic N) is 2. The number of hydrogen-bond acceptors (Lipinski definition) is 2. The van der Waals surface area contributed by atoms with Gasteiger partial charge in [-0.1, -0.05) is 12.1 Å². The van der Waals surface area contributed by atoms with Gasteiger partial charge in [-0.3, -0.25) is 4.79 Å². The fraction of sp³-hybridized carbons (Fsp3) is 0.500. The zero-order chi connectivity index (χ0) is 19.2. The normalized spacial score (nSPS) is 17.8. The van der Waals surface area contributed by atoms with Crippen LogP contribution in [0.2, 0.25) is 0 Å². The molecule has 0 bridgehead atoms. The molecular formula is C22H30FN3O. The van der Waals surface area contributed by atoms with Crippen molar-refractivity contribution in [3.63, 3.8) is 0 Å². The number of likely N-dealkylation sites (tertiary alicyclic amines) is 1. The van der Waals surface area contributed by atoms with Gasteiger partial charge in [0.05, 0.1) is 5.56 Å². The van der Waals surface area contributed by atoms with E-state index in [2.05, 4.69) is 9.88 Å². The summed E-state index contributed by atoms with van der Waals surface area (Å²) in [5, 5.41) is 0. The van der Waals surface area contributed by atoms with Gasteiger partial charge in [-0.15, -0.1) is 0 Å². The number of benzene rings is 1. The van der Waals surface area contributed by atoms with Gasteiger partial charge in [-0.05, 0) is 69.3 Å².